The summed E-state index contributed by atoms with van der Waals surface area (Å²) >= 11 is 0. The number of benzene rings is 1. The quantitative estimate of drug-likeness (QED) is 0.851. The van der Waals surface area contributed by atoms with Crippen molar-refractivity contribution >= 4 is 0 Å². The van der Waals surface area contributed by atoms with Gasteiger partial charge in [0.1, 0.15) is 11.9 Å². The average Bonchev–Trinajstić information content (AvgIpc) is 2.43. The zero-order chi connectivity index (χ0) is 13.0. The summed E-state index contributed by atoms with van der Waals surface area (Å²) in [6.45, 7) is 7.81. The monoisotopic (exact) mass is 247 g/mol. The molecule has 18 heavy (non-hydrogen) atoms. The predicted octanol–water partition coefficient (Wildman–Crippen LogP) is 3.92. The van der Waals surface area contributed by atoms with E-state index in [9.17, 15) is 0 Å². The zero-order valence-corrected chi connectivity index (χ0v) is 11.8. The van der Waals surface area contributed by atoms with Gasteiger partial charge in [0, 0.05) is 18.0 Å². The number of rotatable bonds is 5. The maximum absolute atomic E-state index is 6.15. The number of fused-ring (bicyclic) bond motifs is 1. The maximum Gasteiger partial charge on any atom is 0.124 e. The van der Waals surface area contributed by atoms with Crippen molar-refractivity contribution in [2.75, 3.05) is 6.54 Å². The summed E-state index contributed by atoms with van der Waals surface area (Å²) in [6, 6.07) is 8.91. The Hall–Kier alpha value is -1.02. The summed E-state index contributed by atoms with van der Waals surface area (Å²) in [5, 5.41) is 3.66. The standard InChI is InChI=1S/C16H25NO/c1-4-10-17-14-11-16(12(3)5-2)18-15-9-7-6-8-13(14)15/h6-9,12,14,16-17H,4-5,10-11H2,1-3H3. The molecule has 0 aliphatic carbocycles. The molecule has 0 radical (unpaired) electrons. The molecule has 0 saturated carbocycles. The third kappa shape index (κ3) is 2.86. The Labute approximate surface area is 111 Å². The van der Waals surface area contributed by atoms with Gasteiger partial charge >= 0.3 is 0 Å². The van der Waals surface area contributed by atoms with Gasteiger partial charge in [-0.25, -0.2) is 0 Å². The van der Waals surface area contributed by atoms with Crippen molar-refractivity contribution in [3.05, 3.63) is 29.8 Å². The Morgan fingerprint density at radius 2 is 2.11 bits per heavy atom. The smallest absolute Gasteiger partial charge is 0.124 e. The molecule has 1 aliphatic heterocycles. The van der Waals surface area contributed by atoms with Crippen LogP contribution in [0.4, 0.5) is 0 Å². The van der Waals surface area contributed by atoms with E-state index in [4.69, 9.17) is 4.74 Å². The third-order valence-corrected chi connectivity index (χ3v) is 3.96. The second-order valence-electron chi connectivity index (χ2n) is 5.32. The van der Waals surface area contributed by atoms with Gasteiger partial charge in [0.15, 0.2) is 0 Å². The fraction of sp³-hybridized carbons (Fsp3) is 0.625. The molecule has 0 spiro atoms. The van der Waals surface area contributed by atoms with Gasteiger partial charge < -0.3 is 10.1 Å². The van der Waals surface area contributed by atoms with E-state index in [0.29, 0.717) is 18.1 Å². The van der Waals surface area contributed by atoms with E-state index in [1.54, 1.807) is 0 Å². The molecule has 0 amide bonds. The van der Waals surface area contributed by atoms with Crippen molar-refractivity contribution in [3.63, 3.8) is 0 Å². The van der Waals surface area contributed by atoms with E-state index in [2.05, 4.69) is 50.4 Å². The molecule has 1 aromatic carbocycles. The summed E-state index contributed by atoms with van der Waals surface area (Å²) in [5.41, 5.74) is 1.32. The van der Waals surface area contributed by atoms with Crippen LogP contribution in [-0.4, -0.2) is 12.6 Å². The topological polar surface area (TPSA) is 21.3 Å². The van der Waals surface area contributed by atoms with Crippen molar-refractivity contribution in [1.29, 1.82) is 0 Å². The molecule has 0 fully saturated rings. The first-order chi connectivity index (χ1) is 8.76. The van der Waals surface area contributed by atoms with E-state index in [0.717, 1.165) is 18.7 Å². The lowest BCUT2D eigenvalue weighted by Gasteiger charge is -2.35. The predicted molar refractivity (Wildman–Crippen MR) is 76.0 cm³/mol. The molecule has 2 rings (SSSR count). The maximum atomic E-state index is 6.15. The highest BCUT2D eigenvalue weighted by molar-refractivity contribution is 5.38. The van der Waals surface area contributed by atoms with Gasteiger partial charge in [-0.2, -0.15) is 0 Å². The Balaban J connectivity index is 2.18. The van der Waals surface area contributed by atoms with Crippen LogP contribution in [-0.2, 0) is 0 Å². The molecule has 2 nitrogen and oxygen atoms in total. The normalized spacial score (nSPS) is 24.2. The molecule has 3 unspecified atom stereocenters. The van der Waals surface area contributed by atoms with Crippen LogP contribution in [0.1, 0.15) is 51.6 Å². The highest BCUT2D eigenvalue weighted by Gasteiger charge is 2.30. The number of nitrogens with one attached hydrogen (secondary N) is 1. The molecule has 1 N–H and O–H groups in total. The lowest BCUT2D eigenvalue weighted by molar-refractivity contribution is 0.0980. The molecule has 100 valence electrons. The van der Waals surface area contributed by atoms with Gasteiger partial charge in [-0.3, -0.25) is 0 Å². The number of ether oxygens (including phenoxy) is 1. The number of hydrogen-bond donors (Lipinski definition) is 1. The number of para-hydroxylation sites is 1. The molecule has 1 aromatic rings. The van der Waals surface area contributed by atoms with Crippen molar-refractivity contribution in [3.8, 4) is 5.75 Å². The summed E-state index contributed by atoms with van der Waals surface area (Å²) in [7, 11) is 0. The molecule has 1 heterocycles. The Morgan fingerprint density at radius 3 is 2.83 bits per heavy atom. The molecule has 2 heteroatoms. The fourth-order valence-corrected chi connectivity index (χ4v) is 2.57. The van der Waals surface area contributed by atoms with Crippen LogP contribution in [0.2, 0.25) is 0 Å². The van der Waals surface area contributed by atoms with Gasteiger partial charge in [0.25, 0.3) is 0 Å². The van der Waals surface area contributed by atoms with Crippen molar-refractivity contribution in [1.82, 2.24) is 5.32 Å². The van der Waals surface area contributed by atoms with Gasteiger partial charge in [0.2, 0.25) is 0 Å². The Kier molecular flexibility index (Phi) is 4.65. The second kappa shape index (κ2) is 6.24. The first-order valence-corrected chi connectivity index (χ1v) is 7.25. The summed E-state index contributed by atoms with van der Waals surface area (Å²) in [5.74, 6) is 1.69. The van der Waals surface area contributed by atoms with Crippen molar-refractivity contribution in [2.24, 2.45) is 5.92 Å². The minimum atomic E-state index is 0.347. The molecule has 0 saturated heterocycles. The van der Waals surface area contributed by atoms with E-state index in [1.807, 2.05) is 0 Å². The van der Waals surface area contributed by atoms with Gasteiger partial charge in [-0.1, -0.05) is 45.4 Å². The van der Waals surface area contributed by atoms with E-state index in [-0.39, 0.29) is 0 Å². The molecular weight excluding hydrogens is 222 g/mol. The first-order valence-electron chi connectivity index (χ1n) is 7.25. The number of hydrogen-bond acceptors (Lipinski definition) is 2. The molecule has 0 bridgehead atoms. The van der Waals surface area contributed by atoms with Crippen LogP contribution in [0.3, 0.4) is 0 Å². The Bertz CT molecular complexity index is 377. The largest absolute Gasteiger partial charge is 0.490 e. The Morgan fingerprint density at radius 1 is 1.33 bits per heavy atom. The van der Waals surface area contributed by atoms with E-state index < -0.39 is 0 Å². The minimum absolute atomic E-state index is 0.347. The summed E-state index contributed by atoms with van der Waals surface area (Å²) in [4.78, 5) is 0. The van der Waals surface area contributed by atoms with Crippen LogP contribution in [0.15, 0.2) is 24.3 Å². The summed E-state index contributed by atoms with van der Waals surface area (Å²) < 4.78 is 6.15. The molecular formula is C16H25NO. The van der Waals surface area contributed by atoms with Crippen LogP contribution in [0.25, 0.3) is 0 Å². The van der Waals surface area contributed by atoms with Crippen molar-refractivity contribution in [2.45, 2.75) is 52.2 Å². The summed E-state index contributed by atoms with van der Waals surface area (Å²) in [6.07, 6.45) is 3.78. The fourth-order valence-electron chi connectivity index (χ4n) is 2.57. The van der Waals surface area contributed by atoms with Gasteiger partial charge in [-0.15, -0.1) is 0 Å². The second-order valence-corrected chi connectivity index (χ2v) is 5.32. The average molecular weight is 247 g/mol. The molecule has 0 aromatic heterocycles. The SMILES string of the molecule is CCCNC1CC(C(C)CC)Oc2ccccc21. The third-order valence-electron chi connectivity index (χ3n) is 3.96. The molecule has 1 aliphatic rings. The van der Waals surface area contributed by atoms with E-state index >= 15 is 0 Å². The van der Waals surface area contributed by atoms with Gasteiger partial charge in [-0.05, 0) is 24.9 Å². The highest BCUT2D eigenvalue weighted by Crippen LogP contribution is 2.37. The first kappa shape index (κ1) is 13.4. The zero-order valence-electron chi connectivity index (χ0n) is 11.8. The molecule has 3 atom stereocenters. The highest BCUT2D eigenvalue weighted by atomic mass is 16.5. The minimum Gasteiger partial charge on any atom is -0.490 e. The van der Waals surface area contributed by atoms with E-state index in [1.165, 1.54) is 18.4 Å². The van der Waals surface area contributed by atoms with Crippen LogP contribution in [0, 0.1) is 5.92 Å². The van der Waals surface area contributed by atoms with Crippen LogP contribution >= 0.6 is 0 Å². The van der Waals surface area contributed by atoms with Crippen LogP contribution < -0.4 is 10.1 Å². The van der Waals surface area contributed by atoms with Crippen LogP contribution in [0.5, 0.6) is 5.75 Å². The lowest BCUT2D eigenvalue weighted by Crippen LogP contribution is -2.36. The lowest BCUT2D eigenvalue weighted by atomic mass is 9.89. The van der Waals surface area contributed by atoms with Crippen molar-refractivity contribution < 1.29 is 4.74 Å². The van der Waals surface area contributed by atoms with Gasteiger partial charge in [0.05, 0.1) is 0 Å².